The standard InChI is InChI=1S/C22H22N2O4/c25-20-8-4-13-23(20)18-11-9-17(10-12-18)22(27)28-15-21(26)24-14-3-6-16-5-1-2-7-19(16)24/h1-2,5,7,9-12H,3-4,6,8,13-15H2. The first-order valence-corrected chi connectivity index (χ1v) is 9.59. The zero-order valence-electron chi connectivity index (χ0n) is 15.6. The average Bonchev–Trinajstić information content (AvgIpc) is 3.17. The van der Waals surface area contributed by atoms with E-state index in [1.807, 2.05) is 24.3 Å². The lowest BCUT2D eigenvalue weighted by molar-refractivity contribution is -0.121. The first kappa shape index (κ1) is 18.2. The molecule has 1 fully saturated rings. The fraction of sp³-hybridized carbons (Fsp3) is 0.318. The highest BCUT2D eigenvalue weighted by atomic mass is 16.5. The van der Waals surface area contributed by atoms with E-state index in [0.717, 1.165) is 36.2 Å². The Kier molecular flexibility index (Phi) is 5.10. The average molecular weight is 378 g/mol. The molecule has 0 aliphatic carbocycles. The lowest BCUT2D eigenvalue weighted by Gasteiger charge is -2.29. The molecule has 2 aromatic carbocycles. The third-order valence-electron chi connectivity index (χ3n) is 5.23. The number of carbonyl (C=O) groups is 3. The molecule has 2 aliphatic heterocycles. The highest BCUT2D eigenvalue weighted by Gasteiger charge is 2.24. The Bertz CT molecular complexity index is 907. The van der Waals surface area contributed by atoms with Gasteiger partial charge in [0.25, 0.3) is 5.91 Å². The summed E-state index contributed by atoms with van der Waals surface area (Å²) in [6.07, 6.45) is 3.26. The Labute approximate surface area is 163 Å². The van der Waals surface area contributed by atoms with Crippen LogP contribution in [0.2, 0.25) is 0 Å². The van der Waals surface area contributed by atoms with E-state index >= 15 is 0 Å². The molecule has 0 saturated carbocycles. The smallest absolute Gasteiger partial charge is 0.338 e. The fourth-order valence-corrected chi connectivity index (χ4v) is 3.78. The molecule has 28 heavy (non-hydrogen) atoms. The maximum absolute atomic E-state index is 12.6. The quantitative estimate of drug-likeness (QED) is 0.767. The number of para-hydroxylation sites is 1. The lowest BCUT2D eigenvalue weighted by atomic mass is 10.0. The second-order valence-electron chi connectivity index (χ2n) is 7.05. The number of amides is 2. The van der Waals surface area contributed by atoms with Crippen LogP contribution in [0.3, 0.4) is 0 Å². The first-order chi connectivity index (χ1) is 13.6. The molecule has 2 aliphatic rings. The zero-order chi connectivity index (χ0) is 19.5. The predicted octanol–water partition coefficient (Wildman–Crippen LogP) is 2.95. The summed E-state index contributed by atoms with van der Waals surface area (Å²) in [5.74, 6) is -0.666. The van der Waals surface area contributed by atoms with E-state index in [-0.39, 0.29) is 18.4 Å². The third kappa shape index (κ3) is 3.63. The van der Waals surface area contributed by atoms with Crippen molar-refractivity contribution in [1.82, 2.24) is 0 Å². The van der Waals surface area contributed by atoms with Crippen molar-refractivity contribution >= 4 is 29.2 Å². The third-order valence-corrected chi connectivity index (χ3v) is 5.23. The number of hydrogen-bond acceptors (Lipinski definition) is 4. The van der Waals surface area contributed by atoms with E-state index in [1.165, 1.54) is 0 Å². The van der Waals surface area contributed by atoms with Crippen LogP contribution in [-0.2, 0) is 20.7 Å². The number of rotatable bonds is 4. The molecule has 2 amide bonds. The number of ether oxygens (including phenoxy) is 1. The van der Waals surface area contributed by atoms with E-state index in [9.17, 15) is 14.4 Å². The number of anilines is 2. The van der Waals surface area contributed by atoms with Crippen LogP contribution in [0.15, 0.2) is 48.5 Å². The maximum atomic E-state index is 12.6. The molecule has 0 radical (unpaired) electrons. The second kappa shape index (κ2) is 7.84. The monoisotopic (exact) mass is 378 g/mol. The summed E-state index contributed by atoms with van der Waals surface area (Å²) in [4.78, 5) is 40.1. The largest absolute Gasteiger partial charge is 0.452 e. The van der Waals surface area contributed by atoms with Gasteiger partial charge in [-0.2, -0.15) is 0 Å². The Hall–Kier alpha value is -3.15. The van der Waals surface area contributed by atoms with Gasteiger partial charge < -0.3 is 14.5 Å². The van der Waals surface area contributed by atoms with E-state index in [2.05, 4.69) is 0 Å². The molecule has 0 unspecified atom stereocenters. The number of carbonyl (C=O) groups excluding carboxylic acids is 3. The summed E-state index contributed by atoms with van der Waals surface area (Å²) in [5.41, 5.74) is 3.18. The van der Waals surface area contributed by atoms with Crippen LogP contribution < -0.4 is 9.80 Å². The van der Waals surface area contributed by atoms with Gasteiger partial charge in [-0.3, -0.25) is 9.59 Å². The van der Waals surface area contributed by atoms with Gasteiger partial charge in [-0.25, -0.2) is 4.79 Å². The molecule has 6 nitrogen and oxygen atoms in total. The van der Waals surface area contributed by atoms with Crippen molar-refractivity contribution < 1.29 is 19.1 Å². The van der Waals surface area contributed by atoms with E-state index in [0.29, 0.717) is 25.1 Å². The summed E-state index contributed by atoms with van der Waals surface area (Å²) >= 11 is 0. The minimum Gasteiger partial charge on any atom is -0.452 e. The molecular formula is C22H22N2O4. The second-order valence-corrected chi connectivity index (χ2v) is 7.05. The normalized spacial score (nSPS) is 16.1. The van der Waals surface area contributed by atoms with Gasteiger partial charge in [-0.05, 0) is 55.2 Å². The Morgan fingerprint density at radius 2 is 1.68 bits per heavy atom. The Morgan fingerprint density at radius 1 is 0.929 bits per heavy atom. The van der Waals surface area contributed by atoms with Crippen LogP contribution in [-0.4, -0.2) is 37.5 Å². The molecule has 1 saturated heterocycles. The Morgan fingerprint density at radius 3 is 2.43 bits per heavy atom. The molecule has 4 rings (SSSR count). The fourth-order valence-electron chi connectivity index (χ4n) is 3.78. The van der Waals surface area contributed by atoms with Gasteiger partial charge in [0.1, 0.15) is 0 Å². The number of nitrogens with zero attached hydrogens (tertiary/aromatic N) is 2. The zero-order valence-corrected chi connectivity index (χ0v) is 15.6. The summed E-state index contributed by atoms with van der Waals surface area (Å²) in [6, 6.07) is 14.5. The van der Waals surface area contributed by atoms with Crippen molar-refractivity contribution in [2.75, 3.05) is 29.5 Å². The van der Waals surface area contributed by atoms with Crippen LogP contribution in [0.4, 0.5) is 11.4 Å². The SMILES string of the molecule is O=C(OCC(=O)N1CCCc2ccccc21)c1ccc(N2CCCC2=O)cc1. The molecule has 6 heteroatoms. The minimum atomic E-state index is -0.544. The van der Waals surface area contributed by atoms with Gasteiger partial charge in [0.15, 0.2) is 6.61 Å². The minimum absolute atomic E-state index is 0.0998. The van der Waals surface area contributed by atoms with Crippen molar-refractivity contribution in [3.8, 4) is 0 Å². The molecule has 144 valence electrons. The number of fused-ring (bicyclic) bond motifs is 1. The molecule has 0 N–H and O–H groups in total. The molecule has 0 aromatic heterocycles. The van der Waals surface area contributed by atoms with Gasteiger partial charge in [-0.1, -0.05) is 18.2 Å². The van der Waals surface area contributed by atoms with E-state index in [4.69, 9.17) is 4.74 Å². The highest BCUT2D eigenvalue weighted by molar-refractivity contribution is 5.99. The Balaban J connectivity index is 1.37. The predicted molar refractivity (Wildman–Crippen MR) is 105 cm³/mol. The van der Waals surface area contributed by atoms with Crippen LogP contribution >= 0.6 is 0 Å². The van der Waals surface area contributed by atoms with Crippen molar-refractivity contribution in [3.63, 3.8) is 0 Å². The first-order valence-electron chi connectivity index (χ1n) is 9.59. The summed E-state index contributed by atoms with van der Waals surface area (Å²) < 4.78 is 5.23. The van der Waals surface area contributed by atoms with E-state index in [1.54, 1.807) is 34.1 Å². The molecular weight excluding hydrogens is 356 g/mol. The van der Waals surface area contributed by atoms with Crippen molar-refractivity contribution in [3.05, 3.63) is 59.7 Å². The van der Waals surface area contributed by atoms with Gasteiger partial charge in [0.2, 0.25) is 5.91 Å². The number of hydrogen-bond donors (Lipinski definition) is 0. The number of aryl methyl sites for hydroxylation is 1. The van der Waals surface area contributed by atoms with Crippen molar-refractivity contribution in [2.45, 2.75) is 25.7 Å². The topological polar surface area (TPSA) is 66.9 Å². The number of esters is 1. The molecule has 2 aromatic rings. The highest BCUT2D eigenvalue weighted by Crippen LogP contribution is 2.27. The van der Waals surface area contributed by atoms with Crippen LogP contribution in [0.1, 0.15) is 35.2 Å². The number of benzene rings is 2. The van der Waals surface area contributed by atoms with Crippen molar-refractivity contribution in [2.24, 2.45) is 0 Å². The summed E-state index contributed by atoms with van der Waals surface area (Å²) in [7, 11) is 0. The van der Waals surface area contributed by atoms with Crippen LogP contribution in [0.5, 0.6) is 0 Å². The van der Waals surface area contributed by atoms with Crippen LogP contribution in [0.25, 0.3) is 0 Å². The van der Waals surface area contributed by atoms with E-state index < -0.39 is 5.97 Å². The van der Waals surface area contributed by atoms with Crippen molar-refractivity contribution in [1.29, 1.82) is 0 Å². The maximum Gasteiger partial charge on any atom is 0.338 e. The van der Waals surface area contributed by atoms with Gasteiger partial charge in [0.05, 0.1) is 5.56 Å². The van der Waals surface area contributed by atoms with Gasteiger partial charge in [0, 0.05) is 30.9 Å². The molecule has 0 atom stereocenters. The molecule has 2 heterocycles. The molecule has 0 bridgehead atoms. The van der Waals surface area contributed by atoms with Gasteiger partial charge >= 0.3 is 5.97 Å². The lowest BCUT2D eigenvalue weighted by Crippen LogP contribution is -2.38. The van der Waals surface area contributed by atoms with Crippen LogP contribution in [0, 0.1) is 0 Å². The summed E-state index contributed by atoms with van der Waals surface area (Å²) in [5, 5.41) is 0. The van der Waals surface area contributed by atoms with Gasteiger partial charge in [-0.15, -0.1) is 0 Å². The molecule has 0 spiro atoms. The summed E-state index contributed by atoms with van der Waals surface area (Å²) in [6.45, 7) is 1.04.